The number of anilines is 10. The van der Waals surface area contributed by atoms with Crippen molar-refractivity contribution in [2.75, 3.05) is 19.6 Å². The lowest BCUT2D eigenvalue weighted by molar-refractivity contribution is 0.195. The van der Waals surface area contributed by atoms with E-state index in [0.717, 1.165) is 0 Å². The van der Waals surface area contributed by atoms with Crippen molar-refractivity contribution in [2.45, 2.75) is 195 Å². The van der Waals surface area contributed by atoms with Crippen LogP contribution in [-0.2, 0) is 21.7 Å². The molecule has 0 N–H and O–H groups in total. The number of nitrogens with zero attached hydrogens (tertiary/aromatic N) is 4. The molecule has 0 amide bonds. The largest absolute Gasteiger partial charge is 0.335 e. The van der Waals surface area contributed by atoms with Gasteiger partial charge in [-0.3, -0.25) is 0 Å². The normalized spacial score (nSPS) is 21.4. The van der Waals surface area contributed by atoms with Crippen molar-refractivity contribution < 1.29 is 0 Å². The predicted molar refractivity (Wildman–Crippen MR) is 424 cm³/mol. The Morgan fingerprint density at radius 2 is 0.938 bits per heavy atom. The summed E-state index contributed by atoms with van der Waals surface area (Å²) in [6.07, 6.45) is 10.1. The van der Waals surface area contributed by atoms with Gasteiger partial charge in [0.1, 0.15) is 0 Å². The molecule has 4 nitrogen and oxygen atoms in total. The zero-order valence-electron chi connectivity index (χ0n) is 60.1. The summed E-state index contributed by atoms with van der Waals surface area (Å²) in [5.74, 6) is 0. The van der Waals surface area contributed by atoms with E-state index >= 15 is 0 Å². The third kappa shape index (κ3) is 8.90. The van der Waals surface area contributed by atoms with Gasteiger partial charge in [-0.05, 0) is 219 Å². The average molecular weight is 1310 g/mol. The number of rotatable bonds is 5. The second-order valence-electron chi connectivity index (χ2n) is 33.1. The molecule has 12 aromatic rings. The van der Waals surface area contributed by atoms with Gasteiger partial charge in [0, 0.05) is 75.9 Å². The topological polar surface area (TPSA) is 13.0 Å². The molecule has 18 rings (SSSR count). The Labute approximate surface area is 585 Å². The first-order valence-corrected chi connectivity index (χ1v) is 37.7. The van der Waals surface area contributed by atoms with E-state index < -0.39 is 0 Å². The van der Waals surface area contributed by atoms with E-state index in [1.54, 1.807) is 5.56 Å². The molecule has 0 spiro atoms. The molecule has 97 heavy (non-hydrogen) atoms. The minimum Gasteiger partial charge on any atom is -0.335 e. The Kier molecular flexibility index (Phi) is 14.0. The number of hydrogen-bond donors (Lipinski definition) is 0. The molecule has 0 saturated heterocycles. The quantitative estimate of drug-likeness (QED) is 0.159. The summed E-state index contributed by atoms with van der Waals surface area (Å²) < 4.78 is 5.42. The number of benzene rings is 10. The van der Waals surface area contributed by atoms with Crippen LogP contribution in [-0.4, -0.2) is 17.8 Å². The van der Waals surface area contributed by atoms with Gasteiger partial charge >= 0.3 is 0 Å². The maximum absolute atomic E-state index is 2.85. The van der Waals surface area contributed by atoms with Crippen molar-refractivity contribution in [1.29, 1.82) is 0 Å². The molecule has 0 bridgehead atoms. The number of thiophene rings is 2. The molecule has 4 aliphatic heterocycles. The molecule has 10 aromatic carbocycles. The first-order valence-electron chi connectivity index (χ1n) is 36.1. The fraction of sp³-hybridized carbons (Fsp3) is 0.333. The average Bonchev–Trinajstić information content (AvgIpc) is 1.55. The second kappa shape index (κ2) is 21.7. The van der Waals surface area contributed by atoms with Crippen LogP contribution in [0, 0.1) is 41.5 Å². The van der Waals surface area contributed by atoms with Crippen molar-refractivity contribution >= 4 is 143 Å². The number of para-hydroxylation sites is 2. The molecule has 2 aliphatic carbocycles. The number of aryl methyl sites for hydroxylation is 6. The van der Waals surface area contributed by atoms with Crippen LogP contribution in [0.25, 0.3) is 40.3 Å². The molecular formula is C90H93BN4S2. The van der Waals surface area contributed by atoms with E-state index in [4.69, 9.17) is 0 Å². The fourth-order valence-electron chi connectivity index (χ4n) is 19.8. The van der Waals surface area contributed by atoms with Crippen LogP contribution in [0.1, 0.15) is 176 Å². The molecule has 4 atom stereocenters. The lowest BCUT2D eigenvalue weighted by Gasteiger charge is -2.53. The summed E-state index contributed by atoms with van der Waals surface area (Å²) in [5.41, 5.74) is 32.0. The van der Waals surface area contributed by atoms with Gasteiger partial charge in [0.15, 0.2) is 0 Å². The van der Waals surface area contributed by atoms with E-state index in [9.17, 15) is 0 Å². The van der Waals surface area contributed by atoms with Crippen molar-refractivity contribution in [1.82, 2.24) is 0 Å². The van der Waals surface area contributed by atoms with Gasteiger partial charge in [0.25, 0.3) is 6.71 Å². The zero-order valence-corrected chi connectivity index (χ0v) is 61.7. The Morgan fingerprint density at radius 3 is 1.60 bits per heavy atom. The van der Waals surface area contributed by atoms with Crippen LogP contribution < -0.4 is 36.0 Å². The predicted octanol–water partition coefficient (Wildman–Crippen LogP) is 24.1. The molecule has 4 unspecified atom stereocenters. The van der Waals surface area contributed by atoms with Gasteiger partial charge in [0.2, 0.25) is 0 Å². The zero-order chi connectivity index (χ0) is 67.4. The number of hydrogen-bond acceptors (Lipinski definition) is 6. The van der Waals surface area contributed by atoms with E-state index in [2.05, 4.69) is 306 Å². The van der Waals surface area contributed by atoms with Crippen LogP contribution in [0.5, 0.6) is 0 Å². The highest BCUT2D eigenvalue weighted by Gasteiger charge is 2.62. The summed E-state index contributed by atoms with van der Waals surface area (Å²) in [4.78, 5) is 10.9. The van der Waals surface area contributed by atoms with Crippen molar-refractivity contribution in [2.24, 2.45) is 0 Å². The van der Waals surface area contributed by atoms with Gasteiger partial charge in [-0.15, -0.1) is 22.7 Å². The summed E-state index contributed by atoms with van der Waals surface area (Å²) in [7, 11) is 0. The summed E-state index contributed by atoms with van der Waals surface area (Å²) in [6, 6.07) is 68.3. The molecule has 7 heteroatoms. The highest BCUT2D eigenvalue weighted by molar-refractivity contribution is 7.27. The Balaban J connectivity index is 0.000000146. The smallest absolute Gasteiger partial charge is 0.252 e. The lowest BCUT2D eigenvalue weighted by atomic mass is 9.33. The van der Waals surface area contributed by atoms with Gasteiger partial charge in [-0.1, -0.05) is 202 Å². The van der Waals surface area contributed by atoms with E-state index in [0.29, 0.717) is 0 Å². The van der Waals surface area contributed by atoms with Gasteiger partial charge in [-0.2, -0.15) is 0 Å². The maximum Gasteiger partial charge on any atom is 0.252 e. The minimum atomic E-state index is 0.0104. The molecule has 2 aromatic heterocycles. The Hall–Kier alpha value is -8.10. The standard InChI is InChI=1S/C45H45BN2S.C45H48N2S/c1-26-22-35-38-36(23-26)48-40-32(44(7)20-11-12-21-45(44,48)8)15-13-16-33(40)46(38)34-19-18-31-30-14-9-10-17-37(30)49-42(31)41(34)47(35)39-27(2)24-29(25-28(39)3)43(4,5)6;1-29-24-33(28-34(25-29)47-38-19-11-10-18-37(38)44(7)22-13-14-23-45(44,47)8)46(41-30(2)26-32(27-31(41)3)43(4,5)6)39-20-15-17-36-35-16-9-12-21-40(35)48-42(36)39/h9-10,13-19,22-25H,11-12,20-21H2,1-8H3;9-12,15-21,24-28H,13-14,22-23H2,1-8H3. The summed E-state index contributed by atoms with van der Waals surface area (Å²) in [6.45, 7) is 38.2. The minimum absolute atomic E-state index is 0.0104. The highest BCUT2D eigenvalue weighted by atomic mass is 32.1. The second-order valence-corrected chi connectivity index (χ2v) is 35.2. The Morgan fingerprint density at radius 1 is 0.423 bits per heavy atom. The molecule has 6 aliphatic rings. The SMILES string of the molecule is Cc1cc(N(c2c(C)cc(C(C)(C)C)cc2C)c2cccc3c2sc2ccccc23)cc(N2c3ccccc3C3(C)CCCCC23C)c1.Cc1cc2c3c(c1)N1c4c(cccc4C4(C)CCCCC14C)B3c1ccc3c(sc4ccccc43)c1N2c1c(C)cc(C(C)(C)C)cc1C. The van der Waals surface area contributed by atoms with Crippen LogP contribution >= 0.6 is 22.7 Å². The monoisotopic (exact) mass is 1300 g/mol. The summed E-state index contributed by atoms with van der Waals surface area (Å²) in [5, 5.41) is 5.38. The fourth-order valence-corrected chi connectivity index (χ4v) is 22.2. The molecule has 488 valence electrons. The number of fused-ring (bicyclic) bond motifs is 17. The van der Waals surface area contributed by atoms with E-state index in [-0.39, 0.29) is 39.5 Å². The van der Waals surface area contributed by atoms with Crippen molar-refractivity contribution in [3.8, 4) is 0 Å². The third-order valence-corrected chi connectivity index (χ3v) is 27.4. The first kappa shape index (κ1) is 62.4. The summed E-state index contributed by atoms with van der Waals surface area (Å²) >= 11 is 3.88. The lowest BCUT2D eigenvalue weighted by Crippen LogP contribution is -2.64. The molecule has 0 radical (unpaired) electrons. The van der Waals surface area contributed by atoms with Gasteiger partial charge < -0.3 is 19.6 Å². The highest BCUT2D eigenvalue weighted by Crippen LogP contribution is 2.64. The van der Waals surface area contributed by atoms with Crippen molar-refractivity contribution in [3.05, 3.63) is 232 Å². The van der Waals surface area contributed by atoms with Crippen molar-refractivity contribution in [3.63, 3.8) is 0 Å². The first-order chi connectivity index (χ1) is 46.3. The molecule has 2 fully saturated rings. The molecular weight excluding hydrogens is 1210 g/mol. The third-order valence-electron chi connectivity index (χ3n) is 25.0. The van der Waals surface area contributed by atoms with Crippen LogP contribution in [0.2, 0.25) is 0 Å². The van der Waals surface area contributed by atoms with E-state index in [1.165, 1.54) is 215 Å². The Bertz CT molecular complexity index is 5260. The van der Waals surface area contributed by atoms with Gasteiger partial charge in [-0.25, -0.2) is 0 Å². The van der Waals surface area contributed by atoms with E-state index in [1.807, 2.05) is 22.7 Å². The maximum atomic E-state index is 2.85. The van der Waals surface area contributed by atoms with Crippen LogP contribution in [0.4, 0.5) is 56.9 Å². The molecule has 2 saturated carbocycles. The van der Waals surface area contributed by atoms with Crippen LogP contribution in [0.3, 0.4) is 0 Å². The molecule has 6 heterocycles. The van der Waals surface area contributed by atoms with Gasteiger partial charge in [0.05, 0.1) is 43.2 Å². The van der Waals surface area contributed by atoms with Crippen LogP contribution in [0.15, 0.2) is 176 Å².